The van der Waals surface area contributed by atoms with Crippen molar-refractivity contribution in [3.05, 3.63) is 29.8 Å². The number of rotatable bonds is 4. The third-order valence-corrected chi connectivity index (χ3v) is 3.32. The average Bonchev–Trinajstić information content (AvgIpc) is 2.38. The van der Waals surface area contributed by atoms with Crippen LogP contribution in [0, 0.1) is 0 Å². The molecule has 1 aliphatic heterocycles. The van der Waals surface area contributed by atoms with E-state index < -0.39 is 0 Å². The second kappa shape index (κ2) is 6.75. The van der Waals surface area contributed by atoms with Crippen LogP contribution in [0.4, 0.5) is 5.69 Å². The number of hydrogen-bond donors (Lipinski definition) is 1. The van der Waals surface area contributed by atoms with Gasteiger partial charge in [-0.25, -0.2) is 4.79 Å². The van der Waals surface area contributed by atoms with E-state index in [-0.39, 0.29) is 12.1 Å². The molecule has 0 saturated carbocycles. The fourth-order valence-corrected chi connectivity index (χ4v) is 2.35. The van der Waals surface area contributed by atoms with Crippen LogP contribution in [0.1, 0.15) is 44.0 Å². The van der Waals surface area contributed by atoms with Crippen LogP contribution >= 0.6 is 0 Å². The minimum absolute atomic E-state index is 0.0935. The molecule has 1 aliphatic rings. The number of carbonyl (C=O) groups excluding carboxylic acids is 1. The maximum atomic E-state index is 11.7. The molecule has 110 valence electrons. The molecular formula is C16H23NO3. The summed E-state index contributed by atoms with van der Waals surface area (Å²) in [5, 5.41) is 3.49. The molecule has 0 aromatic heterocycles. The average molecular weight is 277 g/mol. The first-order valence-electron chi connectivity index (χ1n) is 7.24. The molecule has 1 heterocycles. The highest BCUT2D eigenvalue weighted by Crippen LogP contribution is 2.19. The fourth-order valence-electron chi connectivity index (χ4n) is 2.35. The van der Waals surface area contributed by atoms with Crippen molar-refractivity contribution in [1.29, 1.82) is 0 Å². The molecule has 0 aliphatic carbocycles. The van der Waals surface area contributed by atoms with Crippen LogP contribution < -0.4 is 5.32 Å². The summed E-state index contributed by atoms with van der Waals surface area (Å²) < 4.78 is 10.7. The van der Waals surface area contributed by atoms with Crippen LogP contribution in [0.25, 0.3) is 0 Å². The maximum absolute atomic E-state index is 11.7. The van der Waals surface area contributed by atoms with E-state index in [0.29, 0.717) is 17.7 Å². The lowest BCUT2D eigenvalue weighted by Gasteiger charge is -2.28. The van der Waals surface area contributed by atoms with Gasteiger partial charge in [0.15, 0.2) is 0 Å². The van der Waals surface area contributed by atoms with E-state index in [1.165, 1.54) is 0 Å². The highest BCUT2D eigenvalue weighted by atomic mass is 16.5. The van der Waals surface area contributed by atoms with Crippen molar-refractivity contribution < 1.29 is 14.3 Å². The molecule has 1 aromatic rings. The molecule has 2 atom stereocenters. The summed E-state index contributed by atoms with van der Waals surface area (Å²) in [7, 11) is 0. The van der Waals surface area contributed by atoms with Gasteiger partial charge in [0.1, 0.15) is 0 Å². The molecule has 4 heteroatoms. The molecule has 1 fully saturated rings. The van der Waals surface area contributed by atoms with E-state index in [9.17, 15) is 4.79 Å². The summed E-state index contributed by atoms with van der Waals surface area (Å²) in [6, 6.07) is 7.90. The van der Waals surface area contributed by atoms with Gasteiger partial charge in [0, 0.05) is 18.3 Å². The molecule has 2 rings (SSSR count). The van der Waals surface area contributed by atoms with Crippen molar-refractivity contribution in [3.8, 4) is 0 Å². The third kappa shape index (κ3) is 4.23. The Morgan fingerprint density at radius 1 is 1.35 bits per heavy atom. The first kappa shape index (κ1) is 14.9. The highest BCUT2D eigenvalue weighted by Gasteiger charge is 2.19. The zero-order valence-electron chi connectivity index (χ0n) is 12.4. The van der Waals surface area contributed by atoms with E-state index in [4.69, 9.17) is 9.47 Å². The van der Waals surface area contributed by atoms with Gasteiger partial charge in [0.25, 0.3) is 0 Å². The number of ether oxygens (including phenoxy) is 2. The van der Waals surface area contributed by atoms with E-state index in [2.05, 4.69) is 12.2 Å². The van der Waals surface area contributed by atoms with Gasteiger partial charge >= 0.3 is 5.97 Å². The molecule has 0 bridgehead atoms. The Labute approximate surface area is 120 Å². The lowest BCUT2D eigenvalue weighted by Crippen LogP contribution is -2.32. The number of hydrogen-bond acceptors (Lipinski definition) is 4. The fraction of sp³-hybridized carbons (Fsp3) is 0.562. The number of carbonyl (C=O) groups is 1. The molecule has 2 unspecified atom stereocenters. The monoisotopic (exact) mass is 277 g/mol. The topological polar surface area (TPSA) is 47.6 Å². The van der Waals surface area contributed by atoms with Gasteiger partial charge in [-0.2, -0.15) is 0 Å². The van der Waals surface area contributed by atoms with Crippen molar-refractivity contribution in [2.24, 2.45) is 0 Å². The van der Waals surface area contributed by atoms with Crippen LogP contribution in [0.5, 0.6) is 0 Å². The Hall–Kier alpha value is -1.55. The molecular weight excluding hydrogens is 254 g/mol. The summed E-state index contributed by atoms with van der Waals surface area (Å²) in [6.45, 7) is 6.59. The third-order valence-electron chi connectivity index (χ3n) is 3.32. The van der Waals surface area contributed by atoms with Crippen molar-refractivity contribution >= 4 is 11.7 Å². The largest absolute Gasteiger partial charge is 0.459 e. The number of anilines is 1. The lowest BCUT2D eigenvalue weighted by molar-refractivity contribution is 0.0232. The summed E-state index contributed by atoms with van der Waals surface area (Å²) >= 11 is 0. The first-order valence-corrected chi connectivity index (χ1v) is 7.24. The predicted molar refractivity (Wildman–Crippen MR) is 79.1 cm³/mol. The van der Waals surface area contributed by atoms with Gasteiger partial charge in [-0.3, -0.25) is 0 Å². The Kier molecular flexibility index (Phi) is 5.01. The quantitative estimate of drug-likeness (QED) is 0.858. The summed E-state index contributed by atoms with van der Waals surface area (Å²) in [4.78, 5) is 11.7. The van der Waals surface area contributed by atoms with Gasteiger partial charge in [0.2, 0.25) is 0 Å². The van der Waals surface area contributed by atoms with E-state index in [1.54, 1.807) is 12.1 Å². The highest BCUT2D eigenvalue weighted by molar-refractivity contribution is 5.89. The van der Waals surface area contributed by atoms with Crippen molar-refractivity contribution in [3.63, 3.8) is 0 Å². The standard InChI is InChI=1S/C16H23NO3/c1-11(2)20-16(18)13-4-6-14(7-5-13)17-15-8-9-19-12(3)10-15/h4-7,11-12,15,17H,8-10H2,1-3H3. The Morgan fingerprint density at radius 2 is 2.05 bits per heavy atom. The normalized spacial score (nSPS) is 22.6. The van der Waals surface area contributed by atoms with Crippen LogP contribution in [-0.4, -0.2) is 30.8 Å². The van der Waals surface area contributed by atoms with Crippen LogP contribution in [0.15, 0.2) is 24.3 Å². The molecule has 1 saturated heterocycles. The molecule has 20 heavy (non-hydrogen) atoms. The predicted octanol–water partition coefficient (Wildman–Crippen LogP) is 3.23. The van der Waals surface area contributed by atoms with Crippen molar-refractivity contribution in [2.45, 2.75) is 51.9 Å². The van der Waals surface area contributed by atoms with E-state index in [1.807, 2.05) is 26.0 Å². The Morgan fingerprint density at radius 3 is 2.65 bits per heavy atom. The summed E-state index contributed by atoms with van der Waals surface area (Å²) in [5.74, 6) is -0.272. The van der Waals surface area contributed by atoms with Gasteiger partial charge in [-0.1, -0.05) is 0 Å². The van der Waals surface area contributed by atoms with Gasteiger partial charge in [0.05, 0.1) is 17.8 Å². The summed E-state index contributed by atoms with van der Waals surface area (Å²) in [5.41, 5.74) is 1.62. The molecule has 1 aromatic carbocycles. The SMILES string of the molecule is CC(C)OC(=O)c1ccc(NC2CCOC(C)C2)cc1. The minimum Gasteiger partial charge on any atom is -0.459 e. The first-order chi connectivity index (χ1) is 9.54. The lowest BCUT2D eigenvalue weighted by atomic mass is 10.0. The van der Waals surface area contributed by atoms with Gasteiger partial charge in [-0.15, -0.1) is 0 Å². The maximum Gasteiger partial charge on any atom is 0.338 e. The van der Waals surface area contributed by atoms with Gasteiger partial charge in [-0.05, 0) is 57.9 Å². The number of esters is 1. The number of benzene rings is 1. The van der Waals surface area contributed by atoms with Crippen LogP contribution in [0.2, 0.25) is 0 Å². The smallest absolute Gasteiger partial charge is 0.338 e. The molecule has 4 nitrogen and oxygen atoms in total. The number of nitrogens with one attached hydrogen (secondary N) is 1. The zero-order valence-corrected chi connectivity index (χ0v) is 12.4. The van der Waals surface area contributed by atoms with E-state index >= 15 is 0 Å². The summed E-state index contributed by atoms with van der Waals surface area (Å²) in [6.07, 6.45) is 2.24. The zero-order chi connectivity index (χ0) is 14.5. The van der Waals surface area contributed by atoms with Crippen molar-refractivity contribution in [1.82, 2.24) is 0 Å². The molecule has 0 amide bonds. The second-order valence-electron chi connectivity index (χ2n) is 5.58. The Bertz CT molecular complexity index is 442. The van der Waals surface area contributed by atoms with Crippen LogP contribution in [0.3, 0.4) is 0 Å². The molecule has 0 spiro atoms. The second-order valence-corrected chi connectivity index (χ2v) is 5.58. The van der Waals surface area contributed by atoms with Crippen molar-refractivity contribution in [2.75, 3.05) is 11.9 Å². The van der Waals surface area contributed by atoms with E-state index in [0.717, 1.165) is 25.1 Å². The van der Waals surface area contributed by atoms with Crippen LogP contribution in [-0.2, 0) is 9.47 Å². The minimum atomic E-state index is -0.272. The molecule has 1 N–H and O–H groups in total. The van der Waals surface area contributed by atoms with Gasteiger partial charge < -0.3 is 14.8 Å². The molecule has 0 radical (unpaired) electrons. The Balaban J connectivity index is 1.92.